The molecule has 1 amide bonds. The smallest absolute Gasteiger partial charge is 0.416 e. The molecule has 0 radical (unpaired) electrons. The van der Waals surface area contributed by atoms with Crippen LogP contribution in [0.25, 0.3) is 0 Å². The van der Waals surface area contributed by atoms with Gasteiger partial charge in [-0.15, -0.1) is 10.2 Å². The zero-order valence-corrected chi connectivity index (χ0v) is 18.1. The lowest BCUT2D eigenvalue weighted by Gasteiger charge is -2.13. The molecule has 1 heterocycles. The minimum atomic E-state index is -4.48. The summed E-state index contributed by atoms with van der Waals surface area (Å²) < 4.78 is 45.8. The van der Waals surface area contributed by atoms with Gasteiger partial charge in [0.1, 0.15) is 12.4 Å². The van der Waals surface area contributed by atoms with Gasteiger partial charge in [-0.05, 0) is 37.3 Å². The van der Waals surface area contributed by atoms with E-state index in [-0.39, 0.29) is 12.3 Å². The van der Waals surface area contributed by atoms with Crippen LogP contribution in [-0.4, -0.2) is 25.9 Å². The average molecular weight is 471 g/mol. The molecule has 164 valence electrons. The number of amides is 1. The van der Waals surface area contributed by atoms with E-state index in [0.717, 1.165) is 23.9 Å². The zero-order chi connectivity index (χ0) is 22.6. The molecule has 1 aromatic heterocycles. The van der Waals surface area contributed by atoms with Gasteiger partial charge in [-0.2, -0.15) is 13.2 Å². The van der Waals surface area contributed by atoms with Crippen LogP contribution in [0.5, 0.6) is 5.75 Å². The highest BCUT2D eigenvalue weighted by molar-refractivity contribution is 8.00. The van der Waals surface area contributed by atoms with E-state index in [4.69, 9.17) is 16.3 Å². The fourth-order valence-electron chi connectivity index (χ4n) is 2.51. The van der Waals surface area contributed by atoms with Crippen molar-refractivity contribution in [1.29, 1.82) is 0 Å². The first-order chi connectivity index (χ1) is 14.6. The molecule has 0 spiro atoms. The highest BCUT2D eigenvalue weighted by Gasteiger charge is 2.30. The van der Waals surface area contributed by atoms with Crippen LogP contribution >= 0.6 is 23.4 Å². The Morgan fingerprint density at radius 2 is 1.97 bits per heavy atom. The van der Waals surface area contributed by atoms with Crippen molar-refractivity contribution in [3.8, 4) is 5.75 Å². The van der Waals surface area contributed by atoms with Crippen LogP contribution in [0.15, 0.2) is 53.7 Å². The molecule has 2 aromatic carbocycles. The fourth-order valence-corrected chi connectivity index (χ4v) is 3.53. The summed E-state index contributed by atoms with van der Waals surface area (Å²) in [6, 6.07) is 11.5. The van der Waals surface area contributed by atoms with Crippen LogP contribution in [0.1, 0.15) is 18.3 Å². The van der Waals surface area contributed by atoms with E-state index in [0.29, 0.717) is 21.8 Å². The Morgan fingerprint density at radius 1 is 1.23 bits per heavy atom. The first-order valence-electron chi connectivity index (χ1n) is 9.05. The summed E-state index contributed by atoms with van der Waals surface area (Å²) in [6.45, 7) is 1.75. The van der Waals surface area contributed by atoms with E-state index >= 15 is 0 Å². The van der Waals surface area contributed by atoms with Gasteiger partial charge in [0.05, 0.1) is 15.8 Å². The molecular formula is C20H18ClF3N4O2S. The number of nitrogens with zero attached hydrogens (tertiary/aromatic N) is 3. The average Bonchev–Trinajstić information content (AvgIpc) is 3.06. The number of hydrogen-bond donors (Lipinski definition) is 1. The fraction of sp³-hybridized carbons (Fsp3) is 0.250. The molecular weight excluding hydrogens is 453 g/mol. The minimum Gasteiger partial charge on any atom is -0.484 e. The summed E-state index contributed by atoms with van der Waals surface area (Å²) in [5.74, 6) is 0.573. The van der Waals surface area contributed by atoms with Crippen LogP contribution in [0.3, 0.4) is 0 Å². The lowest BCUT2D eigenvalue weighted by Crippen LogP contribution is -2.23. The Kier molecular flexibility index (Phi) is 7.11. The molecule has 0 saturated carbocycles. The first-order valence-corrected chi connectivity index (χ1v) is 10.3. The molecule has 6 nitrogen and oxygen atoms in total. The molecule has 0 saturated heterocycles. The molecule has 0 aliphatic rings. The summed E-state index contributed by atoms with van der Waals surface area (Å²) in [5.41, 5.74) is -0.763. The molecule has 0 bridgehead atoms. The summed E-state index contributed by atoms with van der Waals surface area (Å²) in [6.07, 6.45) is -4.48. The Labute approximate surface area is 185 Å². The van der Waals surface area contributed by atoms with Gasteiger partial charge in [-0.1, -0.05) is 41.6 Å². The molecule has 3 rings (SSSR count). The molecule has 1 atom stereocenters. The van der Waals surface area contributed by atoms with Crippen LogP contribution < -0.4 is 10.1 Å². The van der Waals surface area contributed by atoms with Gasteiger partial charge >= 0.3 is 6.18 Å². The monoisotopic (exact) mass is 470 g/mol. The number of halogens is 4. The lowest BCUT2D eigenvalue weighted by molar-refractivity contribution is -0.137. The number of aromatic nitrogens is 3. The third-order valence-corrected chi connectivity index (χ3v) is 5.67. The summed E-state index contributed by atoms with van der Waals surface area (Å²) in [4.78, 5) is 12.4. The number of ether oxygens (including phenoxy) is 1. The van der Waals surface area contributed by atoms with Gasteiger partial charge in [0, 0.05) is 12.7 Å². The van der Waals surface area contributed by atoms with Crippen molar-refractivity contribution in [3.63, 3.8) is 0 Å². The minimum absolute atomic E-state index is 0.0686. The van der Waals surface area contributed by atoms with Gasteiger partial charge in [-0.3, -0.25) is 4.79 Å². The number of anilines is 1. The predicted molar refractivity (Wildman–Crippen MR) is 112 cm³/mol. The maximum atomic E-state index is 12.8. The van der Waals surface area contributed by atoms with E-state index in [9.17, 15) is 18.0 Å². The number of carbonyl (C=O) groups is 1. The van der Waals surface area contributed by atoms with Gasteiger partial charge in [0.2, 0.25) is 5.91 Å². The van der Waals surface area contributed by atoms with Gasteiger partial charge in [0.15, 0.2) is 11.0 Å². The SMILES string of the molecule is C[C@@H](Sc1nnc(COc2ccccc2Cl)n1C)C(=O)Nc1cccc(C(F)(F)F)c1. The van der Waals surface area contributed by atoms with E-state index in [1.807, 2.05) is 0 Å². The summed E-state index contributed by atoms with van der Waals surface area (Å²) in [7, 11) is 1.73. The largest absolute Gasteiger partial charge is 0.484 e. The standard InChI is InChI=1S/C20H18ClF3N4O2S/c1-12(18(29)25-14-7-5-6-13(10-14)20(22,23)24)31-19-27-26-17(28(19)2)11-30-16-9-4-3-8-15(16)21/h3-10,12H,11H2,1-2H3,(H,25,29)/t12-/m1/s1. The first kappa shape index (κ1) is 23.0. The molecule has 11 heteroatoms. The predicted octanol–water partition coefficient (Wildman–Crippen LogP) is 5.19. The molecule has 0 fully saturated rings. The molecule has 1 N–H and O–H groups in total. The van der Waals surface area contributed by atoms with Gasteiger partial charge in [0.25, 0.3) is 0 Å². The molecule has 0 aliphatic carbocycles. The third kappa shape index (κ3) is 5.92. The Morgan fingerprint density at radius 3 is 2.68 bits per heavy atom. The highest BCUT2D eigenvalue weighted by atomic mass is 35.5. The van der Waals surface area contributed by atoms with Crippen LogP contribution in [-0.2, 0) is 24.6 Å². The molecule has 31 heavy (non-hydrogen) atoms. The zero-order valence-electron chi connectivity index (χ0n) is 16.5. The second-order valence-electron chi connectivity index (χ2n) is 6.50. The summed E-state index contributed by atoms with van der Waals surface area (Å²) in [5, 5.41) is 10.9. The maximum absolute atomic E-state index is 12.8. The van der Waals surface area contributed by atoms with E-state index in [1.54, 1.807) is 42.8 Å². The van der Waals surface area contributed by atoms with Crippen molar-refractivity contribution in [2.45, 2.75) is 30.1 Å². The second-order valence-corrected chi connectivity index (χ2v) is 8.22. The van der Waals surface area contributed by atoms with Gasteiger partial charge in [-0.25, -0.2) is 0 Å². The van der Waals surface area contributed by atoms with Crippen molar-refractivity contribution >= 4 is 35.0 Å². The number of para-hydroxylation sites is 1. The number of hydrogen-bond acceptors (Lipinski definition) is 5. The van der Waals surface area contributed by atoms with Crippen LogP contribution in [0.4, 0.5) is 18.9 Å². The van der Waals surface area contributed by atoms with Crippen molar-refractivity contribution in [2.75, 3.05) is 5.32 Å². The van der Waals surface area contributed by atoms with Crippen LogP contribution in [0.2, 0.25) is 5.02 Å². The highest BCUT2D eigenvalue weighted by Crippen LogP contribution is 2.31. The molecule has 0 aliphatic heterocycles. The number of carbonyl (C=O) groups excluding carboxylic acids is 1. The van der Waals surface area contributed by atoms with E-state index < -0.39 is 22.9 Å². The third-order valence-electron chi connectivity index (χ3n) is 4.23. The topological polar surface area (TPSA) is 69.0 Å². The summed E-state index contributed by atoms with van der Waals surface area (Å²) >= 11 is 7.19. The van der Waals surface area contributed by atoms with E-state index in [2.05, 4.69) is 15.5 Å². The number of thioether (sulfide) groups is 1. The van der Waals surface area contributed by atoms with Crippen molar-refractivity contribution in [1.82, 2.24) is 14.8 Å². The Hall–Kier alpha value is -2.72. The number of benzene rings is 2. The molecule has 3 aromatic rings. The van der Waals surface area contributed by atoms with Crippen molar-refractivity contribution in [2.24, 2.45) is 7.05 Å². The van der Waals surface area contributed by atoms with Crippen LogP contribution in [0, 0.1) is 0 Å². The van der Waals surface area contributed by atoms with Crippen molar-refractivity contribution in [3.05, 3.63) is 64.9 Å². The second kappa shape index (κ2) is 9.61. The maximum Gasteiger partial charge on any atom is 0.416 e. The number of alkyl halides is 3. The van der Waals surface area contributed by atoms with Crippen molar-refractivity contribution < 1.29 is 22.7 Å². The lowest BCUT2D eigenvalue weighted by atomic mass is 10.2. The quantitative estimate of drug-likeness (QED) is 0.481. The number of nitrogens with one attached hydrogen (secondary N) is 1. The van der Waals surface area contributed by atoms with Gasteiger partial charge < -0.3 is 14.6 Å². The normalized spacial score (nSPS) is 12.5. The number of rotatable bonds is 7. The Balaban J connectivity index is 1.61. The Bertz CT molecular complexity index is 1070. The molecule has 0 unspecified atom stereocenters. The van der Waals surface area contributed by atoms with E-state index in [1.165, 1.54) is 12.1 Å².